The minimum absolute atomic E-state index is 0.0281. The van der Waals surface area contributed by atoms with Gasteiger partial charge in [0.15, 0.2) is 5.78 Å². The van der Waals surface area contributed by atoms with Crippen molar-refractivity contribution in [2.24, 2.45) is 11.8 Å². The molecule has 0 radical (unpaired) electrons. The Balaban J connectivity index is 1.74. The first-order valence-electron chi connectivity index (χ1n) is 14.2. The van der Waals surface area contributed by atoms with Crippen molar-refractivity contribution in [1.82, 2.24) is 15.5 Å². The van der Waals surface area contributed by atoms with E-state index in [2.05, 4.69) is 16.0 Å². The summed E-state index contributed by atoms with van der Waals surface area (Å²) < 4.78 is 5.13. The van der Waals surface area contributed by atoms with Gasteiger partial charge in [-0.1, -0.05) is 46.2 Å². The fourth-order valence-electron chi connectivity index (χ4n) is 4.15. The van der Waals surface area contributed by atoms with Gasteiger partial charge in [0, 0.05) is 49.7 Å². The second kappa shape index (κ2) is 16.9. The van der Waals surface area contributed by atoms with Crippen molar-refractivity contribution in [2.45, 2.75) is 78.9 Å². The molecule has 0 aromatic heterocycles. The van der Waals surface area contributed by atoms with Crippen molar-refractivity contribution < 1.29 is 33.5 Å². The minimum atomic E-state index is -0.711. The average molecular weight is 571 g/mol. The van der Waals surface area contributed by atoms with Crippen LogP contribution in [0.3, 0.4) is 0 Å². The molecule has 2 atom stereocenters. The van der Waals surface area contributed by atoms with Crippen LogP contribution in [0, 0.1) is 11.8 Å². The number of rotatable bonds is 17. The largest absolute Gasteiger partial charge is 0.445 e. The molecular weight excluding hydrogens is 528 g/mol. The molecule has 224 valence electrons. The van der Waals surface area contributed by atoms with Crippen molar-refractivity contribution in [3.63, 3.8) is 0 Å². The number of unbranched alkanes of at least 4 members (excludes halogenated alkanes) is 2. The van der Waals surface area contributed by atoms with Crippen LogP contribution in [0.25, 0.3) is 0 Å². The number of ether oxygens (including phenoxy) is 1. The van der Waals surface area contributed by atoms with Crippen LogP contribution in [0.1, 0.15) is 71.8 Å². The Morgan fingerprint density at radius 2 is 1.59 bits per heavy atom. The number of hydrogen-bond donors (Lipinski definition) is 3. The SMILES string of the molecule is CCCNC(=O)OCc1ccc(NC(=O)[C@H](C)CC(=O)[C@@H](NC(=O)CCCCCN2C(=O)C=CC2=O)C(C)C)cc1. The van der Waals surface area contributed by atoms with Gasteiger partial charge in [0.05, 0.1) is 6.04 Å². The van der Waals surface area contributed by atoms with Gasteiger partial charge >= 0.3 is 6.09 Å². The molecule has 0 saturated carbocycles. The number of imide groups is 1. The van der Waals surface area contributed by atoms with E-state index in [1.165, 1.54) is 17.1 Å². The Kier molecular flexibility index (Phi) is 13.7. The highest BCUT2D eigenvalue weighted by Gasteiger charge is 2.27. The second-order valence-corrected chi connectivity index (χ2v) is 10.5. The Morgan fingerprint density at radius 1 is 0.927 bits per heavy atom. The lowest BCUT2D eigenvalue weighted by Crippen LogP contribution is -2.45. The predicted octanol–water partition coefficient (Wildman–Crippen LogP) is 3.48. The van der Waals surface area contributed by atoms with E-state index in [0.29, 0.717) is 38.0 Å². The Morgan fingerprint density at radius 3 is 2.20 bits per heavy atom. The molecule has 0 bridgehead atoms. The van der Waals surface area contributed by atoms with Crippen LogP contribution in [0.2, 0.25) is 0 Å². The highest BCUT2D eigenvalue weighted by Crippen LogP contribution is 2.16. The monoisotopic (exact) mass is 570 g/mol. The molecule has 11 heteroatoms. The van der Waals surface area contributed by atoms with Crippen molar-refractivity contribution in [3.05, 3.63) is 42.0 Å². The van der Waals surface area contributed by atoms with E-state index in [1.807, 2.05) is 20.8 Å². The van der Waals surface area contributed by atoms with Crippen LogP contribution in [0.15, 0.2) is 36.4 Å². The van der Waals surface area contributed by atoms with Crippen molar-refractivity contribution >= 4 is 41.2 Å². The summed E-state index contributed by atoms with van der Waals surface area (Å²) in [6.07, 6.45) is 4.83. The van der Waals surface area contributed by atoms with Gasteiger partial charge < -0.3 is 20.7 Å². The zero-order valence-corrected chi connectivity index (χ0v) is 24.4. The summed E-state index contributed by atoms with van der Waals surface area (Å²) in [7, 11) is 0. The Labute approximate surface area is 241 Å². The van der Waals surface area contributed by atoms with E-state index >= 15 is 0 Å². The van der Waals surface area contributed by atoms with Gasteiger partial charge in [-0.25, -0.2) is 4.79 Å². The lowest BCUT2D eigenvalue weighted by Gasteiger charge is -2.23. The molecule has 11 nitrogen and oxygen atoms in total. The molecule has 1 aromatic rings. The van der Waals surface area contributed by atoms with Crippen molar-refractivity contribution in [2.75, 3.05) is 18.4 Å². The molecule has 0 fully saturated rings. The number of benzene rings is 1. The molecule has 0 aliphatic carbocycles. The van der Waals surface area contributed by atoms with Gasteiger partial charge in [-0.2, -0.15) is 0 Å². The number of nitrogens with zero attached hydrogens (tertiary/aromatic N) is 1. The van der Waals surface area contributed by atoms with Crippen LogP contribution in [0.4, 0.5) is 10.5 Å². The number of ketones is 1. The Hall–Kier alpha value is -4.02. The first kappa shape index (κ1) is 33.2. The maximum absolute atomic E-state index is 13.0. The lowest BCUT2D eigenvalue weighted by atomic mass is 9.92. The first-order valence-corrected chi connectivity index (χ1v) is 14.2. The van der Waals surface area contributed by atoms with Gasteiger partial charge in [-0.3, -0.25) is 28.9 Å². The molecule has 3 N–H and O–H groups in total. The van der Waals surface area contributed by atoms with Crippen LogP contribution in [-0.4, -0.2) is 59.5 Å². The molecule has 41 heavy (non-hydrogen) atoms. The number of amides is 5. The fourth-order valence-corrected chi connectivity index (χ4v) is 4.15. The lowest BCUT2D eigenvalue weighted by molar-refractivity contribution is -0.137. The number of alkyl carbamates (subject to hydrolysis) is 1. The number of carbonyl (C=O) groups is 6. The predicted molar refractivity (Wildman–Crippen MR) is 153 cm³/mol. The molecule has 0 spiro atoms. The van der Waals surface area contributed by atoms with E-state index in [4.69, 9.17) is 4.74 Å². The number of Topliss-reactive ketones (excluding diaryl/α,β-unsaturated/α-hetero) is 1. The highest BCUT2D eigenvalue weighted by atomic mass is 16.5. The van der Waals surface area contributed by atoms with E-state index in [9.17, 15) is 28.8 Å². The summed E-state index contributed by atoms with van der Waals surface area (Å²) in [5.41, 5.74) is 1.32. The van der Waals surface area contributed by atoms with E-state index in [-0.39, 0.29) is 54.8 Å². The number of nitrogens with one attached hydrogen (secondary N) is 3. The van der Waals surface area contributed by atoms with Gasteiger partial charge in [0.2, 0.25) is 11.8 Å². The normalized spacial score (nSPS) is 14.1. The fraction of sp³-hybridized carbons (Fsp3) is 0.533. The summed E-state index contributed by atoms with van der Waals surface area (Å²) in [6, 6.07) is 6.17. The summed E-state index contributed by atoms with van der Waals surface area (Å²) in [5.74, 6) is -2.19. The third-order valence-electron chi connectivity index (χ3n) is 6.58. The molecule has 5 amide bonds. The van der Waals surface area contributed by atoms with Crippen LogP contribution in [-0.2, 0) is 35.3 Å². The van der Waals surface area contributed by atoms with Gasteiger partial charge in [-0.05, 0) is 42.9 Å². The van der Waals surface area contributed by atoms with Gasteiger partial charge in [-0.15, -0.1) is 0 Å². The summed E-state index contributed by atoms with van der Waals surface area (Å²) >= 11 is 0. The van der Waals surface area contributed by atoms with Crippen LogP contribution < -0.4 is 16.0 Å². The maximum atomic E-state index is 13.0. The smallest absolute Gasteiger partial charge is 0.407 e. The quantitative estimate of drug-likeness (QED) is 0.192. The van der Waals surface area contributed by atoms with Crippen molar-refractivity contribution in [1.29, 1.82) is 0 Å². The molecule has 2 rings (SSSR count). The van der Waals surface area contributed by atoms with Gasteiger partial charge in [0.25, 0.3) is 11.8 Å². The molecule has 0 unspecified atom stereocenters. The zero-order chi connectivity index (χ0) is 30.4. The van der Waals surface area contributed by atoms with Gasteiger partial charge in [0.1, 0.15) is 6.61 Å². The molecular formula is C30H42N4O7. The topological polar surface area (TPSA) is 151 Å². The Bertz CT molecular complexity index is 1100. The number of hydrogen-bond acceptors (Lipinski definition) is 7. The minimum Gasteiger partial charge on any atom is -0.445 e. The summed E-state index contributed by atoms with van der Waals surface area (Å²) in [5, 5.41) is 8.22. The standard InChI is InChI=1S/C30H42N4O7/c1-5-16-31-30(40)41-19-22-10-12-23(13-11-22)32-29(39)21(4)18-24(35)28(20(2)3)33-25(36)9-7-6-8-17-34-26(37)14-15-27(34)38/h10-15,20-21,28H,5-9,16-19H2,1-4H3,(H,31,40)(H,32,39)(H,33,36)/t21-,28+/m1/s1. The number of carbonyl (C=O) groups excluding carboxylic acids is 6. The average Bonchev–Trinajstić information content (AvgIpc) is 3.26. The van der Waals surface area contributed by atoms with Crippen LogP contribution >= 0.6 is 0 Å². The summed E-state index contributed by atoms with van der Waals surface area (Å²) in [4.78, 5) is 74.1. The summed E-state index contributed by atoms with van der Waals surface area (Å²) in [6.45, 7) is 8.25. The third-order valence-corrected chi connectivity index (χ3v) is 6.58. The van der Waals surface area contributed by atoms with E-state index in [0.717, 1.165) is 12.0 Å². The number of anilines is 1. The van der Waals surface area contributed by atoms with E-state index < -0.39 is 18.1 Å². The molecule has 1 aliphatic rings. The molecule has 1 heterocycles. The zero-order valence-electron chi connectivity index (χ0n) is 24.4. The van der Waals surface area contributed by atoms with E-state index in [1.54, 1.807) is 31.2 Å². The first-order chi connectivity index (χ1) is 19.5. The molecule has 0 saturated heterocycles. The molecule has 1 aromatic carbocycles. The third kappa shape index (κ3) is 11.5. The van der Waals surface area contributed by atoms with Crippen molar-refractivity contribution in [3.8, 4) is 0 Å². The highest BCUT2D eigenvalue weighted by molar-refractivity contribution is 6.12. The second-order valence-electron chi connectivity index (χ2n) is 10.5. The maximum Gasteiger partial charge on any atom is 0.407 e. The van der Waals surface area contributed by atoms with Crippen LogP contribution in [0.5, 0.6) is 0 Å². The molecule has 1 aliphatic heterocycles.